The first kappa shape index (κ1) is 13.8. The molecule has 0 radical (unpaired) electrons. The van der Waals surface area contributed by atoms with E-state index in [4.69, 9.17) is 9.52 Å². The minimum Gasteiger partial charge on any atom is -0.481 e. The van der Waals surface area contributed by atoms with Crippen molar-refractivity contribution in [2.24, 2.45) is 0 Å². The number of hydrogen-bond donors (Lipinski definition) is 1. The molecular weight excluding hydrogens is 262 g/mol. The van der Waals surface area contributed by atoms with Crippen LogP contribution in [-0.4, -0.2) is 16.0 Å². The van der Waals surface area contributed by atoms with Crippen LogP contribution in [0, 0.1) is 10.1 Å². The Morgan fingerprint density at radius 2 is 2.15 bits per heavy atom. The Kier molecular flexibility index (Phi) is 3.84. The predicted molar refractivity (Wildman–Crippen MR) is 71.5 cm³/mol. The highest BCUT2D eigenvalue weighted by Gasteiger charge is 2.16. The fourth-order valence-electron chi connectivity index (χ4n) is 1.91. The summed E-state index contributed by atoms with van der Waals surface area (Å²) < 4.78 is 5.58. The summed E-state index contributed by atoms with van der Waals surface area (Å²) >= 11 is 0. The molecule has 0 aliphatic heterocycles. The molecule has 0 fully saturated rings. The van der Waals surface area contributed by atoms with Gasteiger partial charge in [-0.1, -0.05) is 19.1 Å². The smallest absolute Gasteiger partial charge is 0.304 e. The molecule has 0 bridgehead atoms. The Hall–Kier alpha value is -2.63. The van der Waals surface area contributed by atoms with E-state index in [1.165, 1.54) is 12.1 Å². The van der Waals surface area contributed by atoms with Crippen molar-refractivity contribution >= 4 is 11.7 Å². The Labute approximate surface area is 114 Å². The first-order chi connectivity index (χ1) is 9.47. The quantitative estimate of drug-likeness (QED) is 0.666. The molecule has 2 rings (SSSR count). The second-order valence-electron chi connectivity index (χ2n) is 4.51. The Morgan fingerprint density at radius 1 is 1.40 bits per heavy atom. The zero-order valence-corrected chi connectivity index (χ0v) is 10.8. The number of carboxylic acid groups (broad SMARTS) is 1. The zero-order valence-electron chi connectivity index (χ0n) is 10.8. The van der Waals surface area contributed by atoms with E-state index >= 15 is 0 Å². The average Bonchev–Trinajstić information content (AvgIpc) is 2.87. The first-order valence-corrected chi connectivity index (χ1v) is 6.03. The Morgan fingerprint density at radius 3 is 2.80 bits per heavy atom. The second-order valence-corrected chi connectivity index (χ2v) is 4.51. The summed E-state index contributed by atoms with van der Waals surface area (Å²) in [4.78, 5) is 20.9. The van der Waals surface area contributed by atoms with Gasteiger partial charge in [-0.15, -0.1) is 0 Å². The molecule has 0 saturated heterocycles. The number of furan rings is 1. The standard InChI is InChI=1S/C14H13NO5/c1-9(7-14(16)17)12-5-6-13(20-12)10-3-2-4-11(8-10)15(18)19/h2-6,8-9H,7H2,1H3,(H,16,17). The van der Waals surface area contributed by atoms with Crippen LogP contribution in [0.2, 0.25) is 0 Å². The van der Waals surface area contributed by atoms with Gasteiger partial charge >= 0.3 is 5.97 Å². The number of non-ortho nitro benzene ring substituents is 1. The number of carbonyl (C=O) groups is 1. The van der Waals surface area contributed by atoms with Gasteiger partial charge in [-0.3, -0.25) is 14.9 Å². The summed E-state index contributed by atoms with van der Waals surface area (Å²) in [6.07, 6.45) is -0.0259. The third kappa shape index (κ3) is 3.03. The minimum atomic E-state index is -0.897. The van der Waals surface area contributed by atoms with Crippen molar-refractivity contribution in [1.82, 2.24) is 0 Å². The van der Waals surface area contributed by atoms with Crippen LogP contribution in [0.25, 0.3) is 11.3 Å². The molecule has 1 aromatic heterocycles. The number of hydrogen-bond acceptors (Lipinski definition) is 4. The number of rotatable bonds is 5. The number of benzene rings is 1. The van der Waals surface area contributed by atoms with Crippen molar-refractivity contribution in [3.8, 4) is 11.3 Å². The summed E-state index contributed by atoms with van der Waals surface area (Å²) in [5.74, 6) is -0.111. The van der Waals surface area contributed by atoms with E-state index in [-0.39, 0.29) is 18.0 Å². The molecule has 1 unspecified atom stereocenters. The van der Waals surface area contributed by atoms with Gasteiger partial charge in [-0.25, -0.2) is 0 Å². The van der Waals surface area contributed by atoms with Crippen LogP contribution in [0.15, 0.2) is 40.8 Å². The van der Waals surface area contributed by atoms with Gasteiger partial charge < -0.3 is 9.52 Å². The molecule has 6 nitrogen and oxygen atoms in total. The summed E-state index contributed by atoms with van der Waals surface area (Å²) in [7, 11) is 0. The van der Waals surface area contributed by atoms with Crippen molar-refractivity contribution in [2.75, 3.05) is 0 Å². The highest BCUT2D eigenvalue weighted by Crippen LogP contribution is 2.29. The van der Waals surface area contributed by atoms with Gasteiger partial charge in [0, 0.05) is 23.6 Å². The lowest BCUT2D eigenvalue weighted by molar-refractivity contribution is -0.384. The minimum absolute atomic E-state index is 0.0148. The molecule has 0 saturated carbocycles. The summed E-state index contributed by atoms with van der Waals surface area (Å²) in [5.41, 5.74) is 0.576. The lowest BCUT2D eigenvalue weighted by Crippen LogP contribution is -2.01. The molecule has 0 aliphatic rings. The molecule has 6 heteroatoms. The first-order valence-electron chi connectivity index (χ1n) is 6.03. The maximum Gasteiger partial charge on any atom is 0.304 e. The highest BCUT2D eigenvalue weighted by atomic mass is 16.6. The number of nitro benzene ring substituents is 1. The van der Waals surface area contributed by atoms with Crippen LogP contribution in [0.1, 0.15) is 25.0 Å². The molecule has 20 heavy (non-hydrogen) atoms. The van der Waals surface area contributed by atoms with Crippen LogP contribution in [-0.2, 0) is 4.79 Å². The number of nitrogens with zero attached hydrogens (tertiary/aromatic N) is 1. The van der Waals surface area contributed by atoms with Crippen molar-refractivity contribution in [3.63, 3.8) is 0 Å². The van der Waals surface area contributed by atoms with Gasteiger partial charge in [0.05, 0.1) is 11.3 Å². The average molecular weight is 275 g/mol. The van der Waals surface area contributed by atoms with Gasteiger partial charge in [-0.05, 0) is 12.1 Å². The van der Waals surface area contributed by atoms with E-state index < -0.39 is 10.9 Å². The van der Waals surface area contributed by atoms with E-state index in [2.05, 4.69) is 0 Å². The predicted octanol–water partition coefficient (Wildman–Crippen LogP) is 3.43. The van der Waals surface area contributed by atoms with Crippen molar-refractivity contribution < 1.29 is 19.2 Å². The molecule has 2 aromatic rings. The molecule has 0 amide bonds. The fraction of sp³-hybridized carbons (Fsp3) is 0.214. The lowest BCUT2D eigenvalue weighted by Gasteiger charge is -2.04. The van der Waals surface area contributed by atoms with Crippen molar-refractivity contribution in [1.29, 1.82) is 0 Å². The second kappa shape index (κ2) is 5.56. The lowest BCUT2D eigenvalue weighted by atomic mass is 10.1. The number of carboxylic acids is 1. The van der Waals surface area contributed by atoms with E-state index in [1.807, 2.05) is 0 Å². The van der Waals surface area contributed by atoms with Gasteiger partial charge in [0.15, 0.2) is 0 Å². The van der Waals surface area contributed by atoms with Crippen LogP contribution in [0.5, 0.6) is 0 Å². The summed E-state index contributed by atoms with van der Waals surface area (Å²) in [5, 5.41) is 19.5. The maximum absolute atomic E-state index is 10.7. The molecular formula is C14H13NO5. The highest BCUT2D eigenvalue weighted by molar-refractivity contribution is 5.68. The normalized spacial score (nSPS) is 12.1. The van der Waals surface area contributed by atoms with Gasteiger partial charge in [-0.2, -0.15) is 0 Å². The van der Waals surface area contributed by atoms with Crippen LogP contribution in [0.4, 0.5) is 5.69 Å². The van der Waals surface area contributed by atoms with E-state index in [9.17, 15) is 14.9 Å². The molecule has 1 heterocycles. The van der Waals surface area contributed by atoms with Gasteiger partial charge in [0.1, 0.15) is 11.5 Å². The van der Waals surface area contributed by atoms with Gasteiger partial charge in [0.2, 0.25) is 0 Å². The molecule has 0 aliphatic carbocycles. The third-order valence-corrected chi connectivity index (χ3v) is 2.93. The van der Waals surface area contributed by atoms with Gasteiger partial charge in [0.25, 0.3) is 5.69 Å². The molecule has 1 atom stereocenters. The number of nitro groups is 1. The summed E-state index contributed by atoms with van der Waals surface area (Å²) in [6, 6.07) is 9.49. The van der Waals surface area contributed by atoms with Crippen LogP contribution >= 0.6 is 0 Å². The summed E-state index contributed by atoms with van der Waals surface area (Å²) in [6.45, 7) is 1.75. The third-order valence-electron chi connectivity index (χ3n) is 2.93. The fourth-order valence-corrected chi connectivity index (χ4v) is 1.91. The maximum atomic E-state index is 10.7. The molecule has 1 aromatic carbocycles. The topological polar surface area (TPSA) is 93.6 Å². The number of aliphatic carboxylic acids is 1. The van der Waals surface area contributed by atoms with E-state index in [0.29, 0.717) is 17.1 Å². The largest absolute Gasteiger partial charge is 0.481 e. The Balaban J connectivity index is 2.26. The van der Waals surface area contributed by atoms with Crippen molar-refractivity contribution in [2.45, 2.75) is 19.3 Å². The zero-order chi connectivity index (χ0) is 14.7. The monoisotopic (exact) mass is 275 g/mol. The molecule has 104 valence electrons. The van der Waals surface area contributed by atoms with Crippen molar-refractivity contribution in [3.05, 3.63) is 52.3 Å². The Bertz CT molecular complexity index is 647. The van der Waals surface area contributed by atoms with E-state index in [0.717, 1.165) is 0 Å². The molecule has 0 spiro atoms. The van der Waals surface area contributed by atoms with Crippen LogP contribution in [0.3, 0.4) is 0 Å². The van der Waals surface area contributed by atoms with E-state index in [1.54, 1.807) is 31.2 Å². The SMILES string of the molecule is CC(CC(=O)O)c1ccc(-c2cccc([N+](=O)[O-])c2)o1. The van der Waals surface area contributed by atoms with Crippen LogP contribution < -0.4 is 0 Å². The molecule has 1 N–H and O–H groups in total.